The van der Waals surface area contributed by atoms with Crippen LogP contribution in [0.3, 0.4) is 0 Å². The number of fused-ring (bicyclic) bond motifs is 1. The molecular formula is C29H31N5O2. The van der Waals surface area contributed by atoms with E-state index >= 15 is 0 Å². The van der Waals surface area contributed by atoms with Crippen molar-refractivity contribution < 1.29 is 9.47 Å². The number of nitrogens with zero attached hydrogens (tertiary/aromatic N) is 5. The molecule has 1 fully saturated rings. The molecule has 2 aromatic heterocycles. The number of hydrogen-bond donors (Lipinski definition) is 0. The quantitative estimate of drug-likeness (QED) is 0.398. The number of likely N-dealkylation sites (N-methyl/N-ethyl adjacent to an activating group) is 1. The van der Waals surface area contributed by atoms with Crippen molar-refractivity contribution in [1.29, 1.82) is 5.26 Å². The van der Waals surface area contributed by atoms with Crippen molar-refractivity contribution in [3.05, 3.63) is 72.1 Å². The first-order valence-electron chi connectivity index (χ1n) is 12.2. The molecule has 1 aliphatic rings. The molecule has 0 unspecified atom stereocenters. The van der Waals surface area contributed by atoms with Gasteiger partial charge in [0.15, 0.2) is 11.5 Å². The van der Waals surface area contributed by atoms with E-state index in [9.17, 15) is 5.26 Å². The first-order chi connectivity index (χ1) is 17.6. The summed E-state index contributed by atoms with van der Waals surface area (Å²) >= 11 is 0. The Balaban J connectivity index is 1.60. The molecule has 36 heavy (non-hydrogen) atoms. The summed E-state index contributed by atoms with van der Waals surface area (Å²) in [5, 5.41) is 9.24. The summed E-state index contributed by atoms with van der Waals surface area (Å²) in [6, 6.07) is 20.1. The fourth-order valence-corrected chi connectivity index (χ4v) is 4.83. The number of aromatic nitrogens is 2. The topological polar surface area (TPSA) is 66.0 Å². The zero-order chi connectivity index (χ0) is 25.1. The van der Waals surface area contributed by atoms with E-state index < -0.39 is 0 Å². The van der Waals surface area contributed by atoms with Crippen LogP contribution >= 0.6 is 0 Å². The molecule has 7 nitrogen and oxygen atoms in total. The van der Waals surface area contributed by atoms with Gasteiger partial charge in [0, 0.05) is 31.4 Å². The Morgan fingerprint density at radius 1 is 0.861 bits per heavy atom. The first-order valence-corrected chi connectivity index (χ1v) is 12.2. The van der Waals surface area contributed by atoms with Gasteiger partial charge in [-0.3, -0.25) is 4.90 Å². The van der Waals surface area contributed by atoms with Gasteiger partial charge >= 0.3 is 0 Å². The molecule has 3 heterocycles. The van der Waals surface area contributed by atoms with E-state index in [1.165, 1.54) is 0 Å². The highest BCUT2D eigenvalue weighted by Gasteiger charge is 2.20. The van der Waals surface area contributed by atoms with Crippen LogP contribution in [-0.2, 0) is 6.54 Å². The smallest absolute Gasteiger partial charge is 0.161 e. The molecule has 0 atom stereocenters. The first kappa shape index (κ1) is 23.9. The lowest BCUT2D eigenvalue weighted by Gasteiger charge is -2.21. The minimum absolute atomic E-state index is 0.648. The van der Waals surface area contributed by atoms with Gasteiger partial charge in [0.2, 0.25) is 0 Å². The van der Waals surface area contributed by atoms with Crippen molar-refractivity contribution in [3.8, 4) is 40.0 Å². The SMILES string of the molecule is COc1ccc(-c2ccc3nc(-c4ccc(C#N)cc4)c(CN4CCCN(C)CC4)n3c2)cc1OC. The van der Waals surface area contributed by atoms with Crippen LogP contribution in [0.2, 0.25) is 0 Å². The van der Waals surface area contributed by atoms with E-state index in [4.69, 9.17) is 14.5 Å². The van der Waals surface area contributed by atoms with Crippen LogP contribution in [0.1, 0.15) is 17.7 Å². The number of imidazole rings is 1. The molecule has 0 radical (unpaired) electrons. The third-order valence-electron chi connectivity index (χ3n) is 6.91. The van der Waals surface area contributed by atoms with Crippen LogP contribution in [0.4, 0.5) is 0 Å². The molecule has 0 bridgehead atoms. The highest BCUT2D eigenvalue weighted by molar-refractivity contribution is 5.72. The normalized spacial score (nSPS) is 14.9. The lowest BCUT2D eigenvalue weighted by Crippen LogP contribution is -2.29. The van der Waals surface area contributed by atoms with Crippen LogP contribution in [0, 0.1) is 11.3 Å². The minimum Gasteiger partial charge on any atom is -0.493 e. The van der Waals surface area contributed by atoms with Gasteiger partial charge in [0.05, 0.1) is 37.2 Å². The molecule has 4 aromatic rings. The maximum atomic E-state index is 9.24. The summed E-state index contributed by atoms with van der Waals surface area (Å²) in [7, 11) is 5.49. The van der Waals surface area contributed by atoms with Gasteiger partial charge in [-0.05, 0) is 74.1 Å². The summed E-state index contributed by atoms with van der Waals surface area (Å²) in [5.74, 6) is 1.41. The second-order valence-electron chi connectivity index (χ2n) is 9.24. The van der Waals surface area contributed by atoms with Crippen molar-refractivity contribution in [2.24, 2.45) is 0 Å². The van der Waals surface area contributed by atoms with E-state index in [1.54, 1.807) is 14.2 Å². The van der Waals surface area contributed by atoms with Gasteiger partial charge in [0.1, 0.15) is 5.65 Å². The molecule has 0 spiro atoms. The number of rotatable bonds is 6. The van der Waals surface area contributed by atoms with Crippen molar-refractivity contribution in [3.63, 3.8) is 0 Å². The largest absolute Gasteiger partial charge is 0.493 e. The zero-order valence-electron chi connectivity index (χ0n) is 21.1. The van der Waals surface area contributed by atoms with Crippen molar-refractivity contribution in [1.82, 2.24) is 19.2 Å². The number of methoxy groups -OCH3 is 2. The van der Waals surface area contributed by atoms with Gasteiger partial charge in [-0.25, -0.2) is 4.98 Å². The third kappa shape index (κ3) is 4.78. The van der Waals surface area contributed by atoms with E-state index in [0.29, 0.717) is 17.1 Å². The average molecular weight is 482 g/mol. The van der Waals surface area contributed by atoms with Crippen LogP contribution in [-0.4, -0.2) is 66.6 Å². The van der Waals surface area contributed by atoms with E-state index in [0.717, 1.165) is 72.9 Å². The molecule has 0 N–H and O–H groups in total. The number of pyridine rings is 1. The van der Waals surface area contributed by atoms with Crippen molar-refractivity contribution >= 4 is 5.65 Å². The second kappa shape index (κ2) is 10.4. The molecule has 1 saturated heterocycles. The Labute approximate surface area is 212 Å². The molecule has 0 saturated carbocycles. The monoisotopic (exact) mass is 481 g/mol. The van der Waals surface area contributed by atoms with Crippen LogP contribution in [0.5, 0.6) is 11.5 Å². The number of nitriles is 1. The Bertz CT molecular complexity index is 1400. The van der Waals surface area contributed by atoms with Gasteiger partial charge in [0.25, 0.3) is 0 Å². The molecule has 1 aliphatic heterocycles. The maximum Gasteiger partial charge on any atom is 0.161 e. The number of hydrogen-bond acceptors (Lipinski definition) is 6. The van der Waals surface area contributed by atoms with Crippen LogP contribution in [0.15, 0.2) is 60.8 Å². The van der Waals surface area contributed by atoms with E-state index in [2.05, 4.69) is 45.6 Å². The predicted octanol–water partition coefficient (Wildman–Crippen LogP) is 4.69. The number of ether oxygens (including phenoxy) is 2. The fourth-order valence-electron chi connectivity index (χ4n) is 4.83. The third-order valence-corrected chi connectivity index (χ3v) is 6.91. The molecular weight excluding hydrogens is 450 g/mol. The Kier molecular flexibility index (Phi) is 6.90. The van der Waals surface area contributed by atoms with Gasteiger partial charge in [-0.15, -0.1) is 0 Å². The zero-order valence-corrected chi connectivity index (χ0v) is 21.1. The predicted molar refractivity (Wildman–Crippen MR) is 141 cm³/mol. The molecule has 0 amide bonds. The van der Waals surface area contributed by atoms with Crippen molar-refractivity contribution in [2.45, 2.75) is 13.0 Å². The van der Waals surface area contributed by atoms with Crippen LogP contribution < -0.4 is 9.47 Å². The lowest BCUT2D eigenvalue weighted by molar-refractivity contribution is 0.266. The summed E-state index contributed by atoms with van der Waals surface area (Å²) in [6.45, 7) is 5.06. The highest BCUT2D eigenvalue weighted by atomic mass is 16.5. The highest BCUT2D eigenvalue weighted by Crippen LogP contribution is 2.33. The van der Waals surface area contributed by atoms with E-state index in [-0.39, 0.29) is 0 Å². The minimum atomic E-state index is 0.648. The van der Waals surface area contributed by atoms with Gasteiger partial charge in [-0.2, -0.15) is 5.26 Å². The fraction of sp³-hybridized carbons (Fsp3) is 0.310. The summed E-state index contributed by atoms with van der Waals surface area (Å²) in [6.07, 6.45) is 3.31. The maximum absolute atomic E-state index is 9.24. The van der Waals surface area contributed by atoms with Gasteiger partial charge in [-0.1, -0.05) is 18.2 Å². The number of benzene rings is 2. The Morgan fingerprint density at radius 3 is 2.36 bits per heavy atom. The molecule has 7 heteroatoms. The van der Waals surface area contributed by atoms with E-state index in [1.807, 2.05) is 42.5 Å². The average Bonchev–Trinajstić information content (AvgIpc) is 3.14. The standard InChI is InChI=1S/C29H31N5O2/c1-32-13-4-14-33(16-15-32)20-25-29(22-7-5-21(18-30)6-8-22)31-28-12-10-24(19-34(25)28)23-9-11-26(35-2)27(17-23)36-3/h5-12,17,19H,4,13-16,20H2,1-3H3. The van der Waals surface area contributed by atoms with Crippen molar-refractivity contribution in [2.75, 3.05) is 47.4 Å². The summed E-state index contributed by atoms with van der Waals surface area (Å²) < 4.78 is 13.2. The summed E-state index contributed by atoms with van der Waals surface area (Å²) in [5.41, 5.74) is 6.81. The van der Waals surface area contributed by atoms with Gasteiger partial charge < -0.3 is 18.8 Å². The molecule has 0 aliphatic carbocycles. The molecule has 2 aromatic carbocycles. The Hall–Kier alpha value is -3.86. The molecule has 184 valence electrons. The second-order valence-corrected chi connectivity index (χ2v) is 9.24. The Morgan fingerprint density at radius 2 is 1.61 bits per heavy atom. The summed E-state index contributed by atoms with van der Waals surface area (Å²) in [4.78, 5) is 9.95. The molecule has 5 rings (SSSR count). The lowest BCUT2D eigenvalue weighted by atomic mass is 10.1. The van der Waals surface area contributed by atoms with Crippen LogP contribution in [0.25, 0.3) is 28.0 Å².